The molecule has 0 aliphatic heterocycles. The van der Waals surface area contributed by atoms with Crippen molar-refractivity contribution in [3.8, 4) is 0 Å². The molecule has 0 heterocycles. The summed E-state index contributed by atoms with van der Waals surface area (Å²) >= 11 is 0. The van der Waals surface area contributed by atoms with Crippen LogP contribution in [-0.4, -0.2) is 26.7 Å². The van der Waals surface area contributed by atoms with Crippen molar-refractivity contribution in [1.29, 1.82) is 0 Å². The first-order valence-corrected chi connectivity index (χ1v) is 8.03. The predicted octanol–water partition coefficient (Wildman–Crippen LogP) is 1.93. The molecule has 1 aromatic rings. The summed E-state index contributed by atoms with van der Waals surface area (Å²) in [4.78, 5) is -1.20. The molecule has 21 heavy (non-hydrogen) atoms. The Labute approximate surface area is 121 Å². The fraction of sp³-hybridized carbons (Fsp3) is 0.538. The van der Waals surface area contributed by atoms with Gasteiger partial charge in [-0.25, -0.2) is 26.3 Å². The first-order chi connectivity index (χ1) is 9.80. The molecule has 0 amide bonds. The van der Waals surface area contributed by atoms with Gasteiger partial charge in [0.25, 0.3) is 0 Å². The Morgan fingerprint density at radius 1 is 1.14 bits per heavy atom. The zero-order valence-electron chi connectivity index (χ0n) is 11.2. The van der Waals surface area contributed by atoms with Gasteiger partial charge in [-0.1, -0.05) is 12.8 Å². The predicted molar refractivity (Wildman–Crippen MR) is 69.5 cm³/mol. The molecule has 1 aromatic carbocycles. The molecule has 0 radical (unpaired) electrons. The van der Waals surface area contributed by atoms with E-state index in [0.717, 1.165) is 12.8 Å². The molecule has 8 heteroatoms. The standard InChI is InChI=1S/C13H16F3NO3S/c14-9-5-10(15)12(11(16)6-9)21(19,20)17-7-13(8-18)3-1-2-4-13/h5-6,17-18H,1-4,7-8H2. The zero-order valence-corrected chi connectivity index (χ0v) is 12.0. The van der Waals surface area contributed by atoms with E-state index in [2.05, 4.69) is 4.72 Å². The third-order valence-corrected chi connectivity index (χ3v) is 5.32. The molecule has 1 aliphatic carbocycles. The van der Waals surface area contributed by atoms with E-state index in [1.165, 1.54) is 0 Å². The summed E-state index contributed by atoms with van der Waals surface area (Å²) in [5.74, 6) is -4.15. The Balaban J connectivity index is 2.23. The summed E-state index contributed by atoms with van der Waals surface area (Å²) in [5.41, 5.74) is -0.597. The Hall–Kier alpha value is -1.12. The number of aliphatic hydroxyl groups is 1. The molecule has 0 spiro atoms. The Bertz CT molecular complexity index is 605. The number of hydrogen-bond donors (Lipinski definition) is 2. The van der Waals surface area contributed by atoms with Crippen LogP contribution in [0.2, 0.25) is 0 Å². The third-order valence-electron chi connectivity index (χ3n) is 3.87. The number of aliphatic hydroxyl groups excluding tert-OH is 1. The lowest BCUT2D eigenvalue weighted by Crippen LogP contribution is -2.38. The number of sulfonamides is 1. The Morgan fingerprint density at radius 3 is 2.14 bits per heavy atom. The third kappa shape index (κ3) is 3.38. The van der Waals surface area contributed by atoms with E-state index in [1.54, 1.807) is 0 Å². The highest BCUT2D eigenvalue weighted by atomic mass is 32.2. The first-order valence-electron chi connectivity index (χ1n) is 6.55. The van der Waals surface area contributed by atoms with Crippen molar-refractivity contribution < 1.29 is 26.7 Å². The van der Waals surface area contributed by atoms with Crippen LogP contribution in [0.15, 0.2) is 17.0 Å². The molecule has 0 atom stereocenters. The van der Waals surface area contributed by atoms with Gasteiger partial charge in [-0.2, -0.15) is 0 Å². The molecule has 1 saturated carbocycles. The summed E-state index contributed by atoms with van der Waals surface area (Å²) in [6.45, 7) is -0.314. The quantitative estimate of drug-likeness (QED) is 0.870. The minimum Gasteiger partial charge on any atom is -0.396 e. The lowest BCUT2D eigenvalue weighted by atomic mass is 9.88. The Morgan fingerprint density at radius 2 is 1.67 bits per heavy atom. The van der Waals surface area contributed by atoms with Crippen molar-refractivity contribution in [2.75, 3.05) is 13.2 Å². The van der Waals surface area contributed by atoms with Crippen LogP contribution in [0.25, 0.3) is 0 Å². The molecule has 0 bridgehead atoms. The molecule has 118 valence electrons. The molecule has 2 rings (SSSR count). The summed E-state index contributed by atoms with van der Waals surface area (Å²) in [6.07, 6.45) is 3.00. The molecule has 1 aliphatic rings. The van der Waals surface area contributed by atoms with Crippen molar-refractivity contribution >= 4 is 10.0 Å². The summed E-state index contributed by atoms with van der Waals surface area (Å²) < 4.78 is 66.0. The van der Waals surface area contributed by atoms with E-state index in [-0.39, 0.29) is 13.2 Å². The summed E-state index contributed by atoms with van der Waals surface area (Å²) in [6, 6.07) is 0.629. The van der Waals surface area contributed by atoms with Crippen LogP contribution in [-0.2, 0) is 10.0 Å². The minimum atomic E-state index is -4.45. The van der Waals surface area contributed by atoms with Crippen LogP contribution in [0.5, 0.6) is 0 Å². The summed E-state index contributed by atoms with van der Waals surface area (Å²) in [7, 11) is -4.45. The van der Waals surface area contributed by atoms with Gasteiger partial charge in [0.05, 0.1) is 0 Å². The van der Waals surface area contributed by atoms with Gasteiger partial charge in [0, 0.05) is 30.7 Å². The number of nitrogens with one attached hydrogen (secondary N) is 1. The largest absolute Gasteiger partial charge is 0.396 e. The van der Waals surface area contributed by atoms with Gasteiger partial charge in [-0.15, -0.1) is 0 Å². The van der Waals surface area contributed by atoms with E-state index in [1.807, 2.05) is 0 Å². The molecule has 0 unspecified atom stereocenters. The molecular weight excluding hydrogens is 307 g/mol. The van der Waals surface area contributed by atoms with Gasteiger partial charge < -0.3 is 5.11 Å². The maximum atomic E-state index is 13.5. The summed E-state index contributed by atoms with van der Waals surface area (Å²) in [5, 5.41) is 9.40. The van der Waals surface area contributed by atoms with Crippen molar-refractivity contribution in [1.82, 2.24) is 4.72 Å². The van der Waals surface area contributed by atoms with E-state index >= 15 is 0 Å². The average Bonchev–Trinajstić information content (AvgIpc) is 2.84. The van der Waals surface area contributed by atoms with E-state index in [9.17, 15) is 26.7 Å². The Kier molecular flexibility index (Phi) is 4.60. The fourth-order valence-corrected chi connectivity index (χ4v) is 3.89. The number of rotatable bonds is 5. The number of halogens is 3. The molecule has 0 aromatic heterocycles. The van der Waals surface area contributed by atoms with Crippen molar-refractivity contribution in [3.63, 3.8) is 0 Å². The van der Waals surface area contributed by atoms with Gasteiger partial charge in [0.1, 0.15) is 17.5 Å². The fourth-order valence-electron chi connectivity index (χ4n) is 2.62. The smallest absolute Gasteiger partial charge is 0.246 e. The molecular formula is C13H16F3NO3S. The molecule has 0 saturated heterocycles. The molecule has 4 nitrogen and oxygen atoms in total. The number of benzene rings is 1. The van der Waals surface area contributed by atoms with Crippen molar-refractivity contribution in [3.05, 3.63) is 29.6 Å². The van der Waals surface area contributed by atoms with Crippen LogP contribution < -0.4 is 4.72 Å². The van der Waals surface area contributed by atoms with Crippen LogP contribution in [0.4, 0.5) is 13.2 Å². The zero-order chi connectivity index (χ0) is 15.7. The molecule has 1 fully saturated rings. The van der Waals surface area contributed by atoms with Gasteiger partial charge in [-0.3, -0.25) is 0 Å². The highest BCUT2D eigenvalue weighted by Crippen LogP contribution is 2.37. The monoisotopic (exact) mass is 323 g/mol. The van der Waals surface area contributed by atoms with Crippen LogP contribution in [0.1, 0.15) is 25.7 Å². The van der Waals surface area contributed by atoms with Gasteiger partial charge >= 0.3 is 0 Å². The lowest BCUT2D eigenvalue weighted by molar-refractivity contribution is 0.134. The normalized spacial score (nSPS) is 18.1. The minimum absolute atomic E-state index is 0.109. The van der Waals surface area contributed by atoms with Crippen LogP contribution in [0.3, 0.4) is 0 Å². The lowest BCUT2D eigenvalue weighted by Gasteiger charge is -2.26. The van der Waals surface area contributed by atoms with Gasteiger partial charge in [0.2, 0.25) is 10.0 Å². The van der Waals surface area contributed by atoms with E-state index in [4.69, 9.17) is 0 Å². The maximum Gasteiger partial charge on any atom is 0.246 e. The molecule has 2 N–H and O–H groups in total. The topological polar surface area (TPSA) is 66.4 Å². The maximum absolute atomic E-state index is 13.5. The van der Waals surface area contributed by atoms with Crippen LogP contribution >= 0.6 is 0 Å². The second kappa shape index (κ2) is 5.94. The van der Waals surface area contributed by atoms with Gasteiger partial charge in [0.15, 0.2) is 4.90 Å². The highest BCUT2D eigenvalue weighted by Gasteiger charge is 2.35. The van der Waals surface area contributed by atoms with Crippen molar-refractivity contribution in [2.24, 2.45) is 5.41 Å². The SMILES string of the molecule is O=S(=O)(NCC1(CO)CCCC1)c1c(F)cc(F)cc1F. The van der Waals surface area contributed by atoms with Gasteiger partial charge in [-0.05, 0) is 12.8 Å². The second-order valence-corrected chi connectivity index (χ2v) is 7.09. The van der Waals surface area contributed by atoms with E-state index in [0.29, 0.717) is 25.0 Å². The number of hydrogen-bond acceptors (Lipinski definition) is 3. The average molecular weight is 323 g/mol. The second-order valence-electron chi connectivity index (χ2n) is 5.39. The van der Waals surface area contributed by atoms with E-state index < -0.39 is 37.8 Å². The van der Waals surface area contributed by atoms with Crippen LogP contribution in [0, 0.1) is 22.9 Å². The first kappa shape index (κ1) is 16.3. The van der Waals surface area contributed by atoms with Crippen molar-refractivity contribution in [2.45, 2.75) is 30.6 Å². The highest BCUT2D eigenvalue weighted by molar-refractivity contribution is 7.89.